The van der Waals surface area contributed by atoms with E-state index in [1.807, 2.05) is 18.2 Å². The number of fused-ring (bicyclic) bond motifs is 1. The van der Waals surface area contributed by atoms with Gasteiger partial charge in [-0.1, -0.05) is 6.07 Å². The largest absolute Gasteiger partial charge is 0.486 e. The lowest BCUT2D eigenvalue weighted by Crippen LogP contribution is -2.29. The Balaban J connectivity index is 1.60. The summed E-state index contributed by atoms with van der Waals surface area (Å²) in [4.78, 5) is 30.5. The summed E-state index contributed by atoms with van der Waals surface area (Å²) in [5.41, 5.74) is 0.475. The Morgan fingerprint density at radius 2 is 1.96 bits per heavy atom. The molecule has 0 atom stereocenters. The van der Waals surface area contributed by atoms with Gasteiger partial charge in [-0.25, -0.2) is 4.79 Å². The van der Waals surface area contributed by atoms with Crippen LogP contribution in [-0.4, -0.2) is 29.1 Å². The van der Waals surface area contributed by atoms with Gasteiger partial charge in [-0.15, -0.1) is 0 Å². The van der Waals surface area contributed by atoms with Crippen LogP contribution in [0.5, 0.6) is 11.5 Å². The molecule has 1 aromatic heterocycles. The van der Waals surface area contributed by atoms with E-state index in [0.29, 0.717) is 30.4 Å². The molecule has 124 valence electrons. The molecule has 1 aromatic carbocycles. The zero-order valence-corrected chi connectivity index (χ0v) is 13.2. The lowest BCUT2D eigenvalue weighted by Gasteiger charge is -2.21. The first-order valence-corrected chi connectivity index (χ1v) is 7.86. The fraction of sp³-hybridized carbons (Fsp3) is 0.353. The van der Waals surface area contributed by atoms with Crippen molar-refractivity contribution in [2.24, 2.45) is 0 Å². The minimum atomic E-state index is -0.589. The molecule has 2 heterocycles. The Morgan fingerprint density at radius 1 is 1.21 bits per heavy atom. The van der Waals surface area contributed by atoms with Crippen LogP contribution in [0.1, 0.15) is 24.1 Å². The normalized spacial score (nSPS) is 17.2. The van der Waals surface area contributed by atoms with Gasteiger partial charge in [0.15, 0.2) is 11.5 Å². The molecular weight excluding hydrogens is 310 g/mol. The van der Waals surface area contributed by atoms with Gasteiger partial charge < -0.3 is 19.8 Å². The van der Waals surface area contributed by atoms with Crippen LogP contribution in [0, 0.1) is 6.92 Å². The number of aromatic amines is 1. The maximum absolute atomic E-state index is 12.8. The quantitative estimate of drug-likeness (QED) is 0.891. The summed E-state index contributed by atoms with van der Waals surface area (Å²) in [6, 6.07) is 7.25. The number of hydrogen-bond acceptors (Lipinski definition) is 5. The summed E-state index contributed by atoms with van der Waals surface area (Å²) < 4.78 is 11.1. The molecule has 4 rings (SSSR count). The molecule has 7 heteroatoms. The maximum Gasteiger partial charge on any atom is 0.347 e. The number of hydrogen-bond donors (Lipinski definition) is 2. The number of carbonyl (C=O) groups is 1. The molecule has 0 unspecified atom stereocenters. The Morgan fingerprint density at radius 3 is 2.67 bits per heavy atom. The van der Waals surface area contributed by atoms with Crippen LogP contribution >= 0.6 is 0 Å². The van der Waals surface area contributed by atoms with E-state index in [9.17, 15) is 9.59 Å². The smallest absolute Gasteiger partial charge is 0.347 e. The highest BCUT2D eigenvalue weighted by atomic mass is 16.6. The summed E-state index contributed by atoms with van der Waals surface area (Å²) in [6.07, 6.45) is 1.50. The summed E-state index contributed by atoms with van der Waals surface area (Å²) in [7, 11) is 0. The molecule has 0 saturated heterocycles. The van der Waals surface area contributed by atoms with E-state index >= 15 is 0 Å². The lowest BCUT2D eigenvalue weighted by atomic mass is 9.94. The topological polar surface area (TPSA) is 93.3 Å². The van der Waals surface area contributed by atoms with Gasteiger partial charge in [0.1, 0.15) is 19.0 Å². The molecule has 1 saturated carbocycles. The maximum atomic E-state index is 12.8. The molecule has 0 bridgehead atoms. The van der Waals surface area contributed by atoms with E-state index in [-0.39, 0.29) is 11.7 Å². The predicted octanol–water partition coefficient (Wildman–Crippen LogP) is 1.52. The Kier molecular flexibility index (Phi) is 3.30. The van der Waals surface area contributed by atoms with Gasteiger partial charge in [-0.3, -0.25) is 4.79 Å². The van der Waals surface area contributed by atoms with Crippen molar-refractivity contribution < 1.29 is 14.3 Å². The third kappa shape index (κ3) is 2.51. The summed E-state index contributed by atoms with van der Waals surface area (Å²) >= 11 is 0. The van der Waals surface area contributed by atoms with E-state index in [1.54, 1.807) is 13.0 Å². The average molecular weight is 327 g/mol. The monoisotopic (exact) mass is 327 g/mol. The average Bonchev–Trinajstić information content (AvgIpc) is 3.35. The van der Waals surface area contributed by atoms with Gasteiger partial charge in [0.2, 0.25) is 5.91 Å². The number of amides is 1. The van der Waals surface area contributed by atoms with Crippen molar-refractivity contribution in [3.63, 3.8) is 0 Å². The van der Waals surface area contributed by atoms with Crippen molar-refractivity contribution in [1.82, 2.24) is 9.97 Å². The second kappa shape index (κ2) is 5.36. The number of nitrogens with one attached hydrogen (secondary N) is 2. The molecule has 1 fully saturated rings. The third-order valence-corrected chi connectivity index (χ3v) is 4.40. The number of H-pyrrole nitrogens is 1. The standard InChI is InChI=1S/C17H17N3O4/c1-10-8-14(20-16(22)18-10)19-15(21)17(4-5-17)11-2-3-12-13(9-11)24-7-6-23-12/h2-3,8-9H,4-7H2,1H3,(H2,18,19,20,21,22). The Hall–Kier alpha value is -2.83. The minimum Gasteiger partial charge on any atom is -0.486 e. The van der Waals surface area contributed by atoms with Crippen molar-refractivity contribution in [1.29, 1.82) is 0 Å². The second-order valence-corrected chi connectivity index (χ2v) is 6.15. The van der Waals surface area contributed by atoms with E-state index in [0.717, 1.165) is 18.4 Å². The first-order chi connectivity index (χ1) is 11.6. The molecule has 1 aliphatic carbocycles. The number of aromatic nitrogens is 2. The molecule has 2 aliphatic rings. The molecule has 1 aliphatic heterocycles. The summed E-state index contributed by atoms with van der Waals surface area (Å²) in [5.74, 6) is 1.48. The van der Waals surface area contributed by atoms with E-state index in [1.165, 1.54) is 0 Å². The first-order valence-electron chi connectivity index (χ1n) is 7.86. The van der Waals surface area contributed by atoms with Crippen LogP contribution in [0.2, 0.25) is 0 Å². The number of carbonyl (C=O) groups excluding carboxylic acids is 1. The molecule has 2 N–H and O–H groups in total. The van der Waals surface area contributed by atoms with Gasteiger partial charge in [0.05, 0.1) is 5.41 Å². The van der Waals surface area contributed by atoms with E-state index in [4.69, 9.17) is 9.47 Å². The van der Waals surface area contributed by atoms with Crippen molar-refractivity contribution >= 4 is 11.7 Å². The van der Waals surface area contributed by atoms with Crippen LogP contribution in [0.25, 0.3) is 0 Å². The molecule has 0 spiro atoms. The number of aryl methyl sites for hydroxylation is 1. The van der Waals surface area contributed by atoms with Crippen molar-refractivity contribution in [3.05, 3.63) is 46.0 Å². The summed E-state index contributed by atoms with van der Waals surface area (Å²) in [6.45, 7) is 2.78. The van der Waals surface area contributed by atoms with Crippen LogP contribution in [0.3, 0.4) is 0 Å². The van der Waals surface area contributed by atoms with E-state index in [2.05, 4.69) is 15.3 Å². The Bertz CT molecular complexity index is 870. The molecule has 24 heavy (non-hydrogen) atoms. The SMILES string of the molecule is Cc1cc(NC(=O)C2(c3ccc4c(c3)OCCO4)CC2)nc(=O)[nH]1. The van der Waals surface area contributed by atoms with Crippen LogP contribution in [0.15, 0.2) is 29.1 Å². The predicted molar refractivity (Wildman–Crippen MR) is 86.6 cm³/mol. The van der Waals surface area contributed by atoms with Crippen LogP contribution < -0.4 is 20.5 Å². The second-order valence-electron chi connectivity index (χ2n) is 6.15. The molecule has 7 nitrogen and oxygen atoms in total. The van der Waals surface area contributed by atoms with Crippen LogP contribution in [0.4, 0.5) is 5.82 Å². The fourth-order valence-corrected chi connectivity index (χ4v) is 2.99. The van der Waals surface area contributed by atoms with Crippen molar-refractivity contribution in [3.8, 4) is 11.5 Å². The number of anilines is 1. The molecule has 0 radical (unpaired) electrons. The van der Waals surface area contributed by atoms with Gasteiger partial charge in [-0.05, 0) is 37.5 Å². The zero-order chi connectivity index (χ0) is 16.7. The van der Waals surface area contributed by atoms with Gasteiger partial charge >= 0.3 is 5.69 Å². The van der Waals surface area contributed by atoms with Gasteiger partial charge in [0, 0.05) is 11.8 Å². The number of ether oxygens (including phenoxy) is 2. The highest BCUT2D eigenvalue weighted by Crippen LogP contribution is 2.50. The number of rotatable bonds is 3. The fourth-order valence-electron chi connectivity index (χ4n) is 2.99. The highest BCUT2D eigenvalue weighted by Gasteiger charge is 2.51. The minimum absolute atomic E-state index is 0.156. The number of nitrogens with zero attached hydrogens (tertiary/aromatic N) is 1. The van der Waals surface area contributed by atoms with E-state index < -0.39 is 11.1 Å². The molecular formula is C17H17N3O4. The zero-order valence-electron chi connectivity index (χ0n) is 13.2. The molecule has 2 aromatic rings. The van der Waals surface area contributed by atoms with Crippen molar-refractivity contribution in [2.75, 3.05) is 18.5 Å². The lowest BCUT2D eigenvalue weighted by molar-refractivity contribution is -0.118. The molecule has 1 amide bonds. The van der Waals surface area contributed by atoms with Crippen molar-refractivity contribution in [2.45, 2.75) is 25.2 Å². The van der Waals surface area contributed by atoms with Crippen LogP contribution in [-0.2, 0) is 10.2 Å². The third-order valence-electron chi connectivity index (χ3n) is 4.40. The number of benzene rings is 1. The Labute approximate surface area is 138 Å². The first kappa shape index (κ1) is 14.7. The van der Waals surface area contributed by atoms with Gasteiger partial charge in [-0.2, -0.15) is 4.98 Å². The summed E-state index contributed by atoms with van der Waals surface area (Å²) in [5, 5.41) is 2.76. The highest BCUT2D eigenvalue weighted by molar-refractivity contribution is 6.01. The van der Waals surface area contributed by atoms with Gasteiger partial charge in [0.25, 0.3) is 0 Å².